The molecule has 8 heteroatoms. The van der Waals surface area contributed by atoms with Gasteiger partial charge >= 0.3 is 0 Å². The Morgan fingerprint density at radius 1 is 1.62 bits per heavy atom. The molecule has 0 bridgehead atoms. The molecular formula is C13H19N3O5. The zero-order valence-electron chi connectivity index (χ0n) is 12.1. The van der Waals surface area contributed by atoms with Gasteiger partial charge in [0.1, 0.15) is 6.61 Å². The first-order valence-electron chi connectivity index (χ1n) is 6.68. The van der Waals surface area contributed by atoms with Crippen molar-refractivity contribution in [2.45, 2.75) is 13.0 Å². The molecule has 1 saturated heterocycles. The molecule has 21 heavy (non-hydrogen) atoms. The number of amides is 2. The highest BCUT2D eigenvalue weighted by molar-refractivity contribution is 5.92. The lowest BCUT2D eigenvalue weighted by Crippen LogP contribution is -2.51. The summed E-state index contributed by atoms with van der Waals surface area (Å²) >= 11 is 0. The molecule has 0 spiro atoms. The van der Waals surface area contributed by atoms with Crippen molar-refractivity contribution < 1.29 is 23.5 Å². The number of ether oxygens (including phenoxy) is 2. The zero-order valence-corrected chi connectivity index (χ0v) is 12.1. The molecule has 1 aliphatic heterocycles. The SMILES string of the molecule is COCCN1CC(CNC(=O)c2ocnc2C)OCC1=O. The van der Waals surface area contributed by atoms with E-state index >= 15 is 0 Å². The highest BCUT2D eigenvalue weighted by Crippen LogP contribution is 2.07. The molecule has 1 N–H and O–H groups in total. The zero-order chi connectivity index (χ0) is 15.2. The molecule has 116 valence electrons. The van der Waals surface area contributed by atoms with Crippen molar-refractivity contribution >= 4 is 11.8 Å². The monoisotopic (exact) mass is 297 g/mol. The lowest BCUT2D eigenvalue weighted by Gasteiger charge is -2.32. The summed E-state index contributed by atoms with van der Waals surface area (Å²) in [5.74, 6) is -0.215. The number of nitrogens with zero attached hydrogens (tertiary/aromatic N) is 2. The Kier molecular flexibility index (Phi) is 5.29. The van der Waals surface area contributed by atoms with Crippen LogP contribution in [0.2, 0.25) is 0 Å². The summed E-state index contributed by atoms with van der Waals surface area (Å²) in [4.78, 5) is 29.1. The average molecular weight is 297 g/mol. The Morgan fingerprint density at radius 2 is 2.43 bits per heavy atom. The minimum absolute atomic E-state index is 0.0194. The fourth-order valence-corrected chi connectivity index (χ4v) is 2.03. The van der Waals surface area contributed by atoms with Gasteiger partial charge in [-0.05, 0) is 6.92 Å². The Balaban J connectivity index is 1.82. The van der Waals surface area contributed by atoms with E-state index in [4.69, 9.17) is 13.9 Å². The molecule has 1 aromatic heterocycles. The second kappa shape index (κ2) is 7.19. The molecule has 1 atom stereocenters. The van der Waals surface area contributed by atoms with E-state index < -0.39 is 0 Å². The first kappa shape index (κ1) is 15.5. The van der Waals surface area contributed by atoms with Gasteiger partial charge in [0.05, 0.1) is 18.4 Å². The predicted molar refractivity (Wildman–Crippen MR) is 71.8 cm³/mol. The van der Waals surface area contributed by atoms with Gasteiger partial charge in [0, 0.05) is 26.7 Å². The fourth-order valence-electron chi connectivity index (χ4n) is 2.03. The Morgan fingerprint density at radius 3 is 3.10 bits per heavy atom. The Labute approximate surface area is 122 Å². The summed E-state index contributed by atoms with van der Waals surface area (Å²) in [5, 5.41) is 2.72. The molecule has 0 radical (unpaired) electrons. The molecule has 2 amide bonds. The number of carbonyl (C=O) groups is 2. The van der Waals surface area contributed by atoms with E-state index in [9.17, 15) is 9.59 Å². The van der Waals surface area contributed by atoms with Gasteiger partial charge in [-0.2, -0.15) is 0 Å². The van der Waals surface area contributed by atoms with Gasteiger partial charge < -0.3 is 24.1 Å². The minimum atomic E-state index is -0.339. The number of morpholine rings is 1. The molecule has 0 aliphatic carbocycles. The van der Waals surface area contributed by atoms with Gasteiger partial charge in [-0.1, -0.05) is 0 Å². The van der Waals surface area contributed by atoms with E-state index in [1.165, 1.54) is 6.39 Å². The van der Waals surface area contributed by atoms with Crippen molar-refractivity contribution in [3.8, 4) is 0 Å². The summed E-state index contributed by atoms with van der Waals surface area (Å²) < 4.78 is 15.4. The first-order chi connectivity index (χ1) is 10.1. The van der Waals surface area contributed by atoms with Crippen LogP contribution in [0.25, 0.3) is 0 Å². The maximum atomic E-state index is 11.9. The second-order valence-electron chi connectivity index (χ2n) is 4.74. The van der Waals surface area contributed by atoms with Crippen LogP contribution in [0, 0.1) is 6.92 Å². The van der Waals surface area contributed by atoms with E-state index in [1.54, 1.807) is 18.9 Å². The van der Waals surface area contributed by atoms with Crippen LogP contribution >= 0.6 is 0 Å². The molecule has 1 aliphatic rings. The molecule has 1 unspecified atom stereocenters. The lowest BCUT2D eigenvalue weighted by atomic mass is 10.2. The fraction of sp³-hybridized carbons (Fsp3) is 0.615. The lowest BCUT2D eigenvalue weighted by molar-refractivity contribution is -0.149. The molecule has 0 aromatic carbocycles. The van der Waals surface area contributed by atoms with E-state index in [0.717, 1.165) is 0 Å². The van der Waals surface area contributed by atoms with E-state index in [0.29, 0.717) is 31.9 Å². The number of oxazole rings is 1. The molecule has 0 saturated carbocycles. The van der Waals surface area contributed by atoms with E-state index in [2.05, 4.69) is 10.3 Å². The maximum absolute atomic E-state index is 11.9. The minimum Gasteiger partial charge on any atom is -0.438 e. The van der Waals surface area contributed by atoms with E-state index in [-0.39, 0.29) is 30.3 Å². The largest absolute Gasteiger partial charge is 0.438 e. The number of aryl methyl sites for hydroxylation is 1. The smallest absolute Gasteiger partial charge is 0.289 e. The van der Waals surface area contributed by atoms with Gasteiger partial charge in [0.15, 0.2) is 6.39 Å². The highest BCUT2D eigenvalue weighted by atomic mass is 16.5. The van der Waals surface area contributed by atoms with Gasteiger partial charge in [0.25, 0.3) is 5.91 Å². The first-order valence-corrected chi connectivity index (χ1v) is 6.68. The van der Waals surface area contributed by atoms with Crippen LogP contribution in [0.4, 0.5) is 0 Å². The van der Waals surface area contributed by atoms with Crippen molar-refractivity contribution in [1.29, 1.82) is 0 Å². The molecule has 1 fully saturated rings. The van der Waals surface area contributed by atoms with E-state index in [1.807, 2.05) is 0 Å². The number of hydrogen-bond acceptors (Lipinski definition) is 6. The van der Waals surface area contributed by atoms with Crippen LogP contribution in [-0.2, 0) is 14.3 Å². The number of hydrogen-bond donors (Lipinski definition) is 1. The molecule has 1 aromatic rings. The van der Waals surface area contributed by atoms with Crippen LogP contribution in [-0.4, -0.2) is 67.8 Å². The number of methoxy groups -OCH3 is 1. The van der Waals surface area contributed by atoms with Crippen LogP contribution < -0.4 is 5.32 Å². The second-order valence-corrected chi connectivity index (χ2v) is 4.74. The molecular weight excluding hydrogens is 278 g/mol. The van der Waals surface area contributed by atoms with Gasteiger partial charge in [0.2, 0.25) is 11.7 Å². The number of aromatic nitrogens is 1. The number of nitrogens with one attached hydrogen (secondary N) is 1. The summed E-state index contributed by atoms with van der Waals surface area (Å²) in [7, 11) is 1.59. The Hall–Kier alpha value is -1.93. The van der Waals surface area contributed by atoms with Gasteiger partial charge in [-0.25, -0.2) is 4.98 Å². The van der Waals surface area contributed by atoms with Crippen molar-refractivity contribution in [3.63, 3.8) is 0 Å². The van der Waals surface area contributed by atoms with Crippen molar-refractivity contribution in [2.75, 3.05) is 40.0 Å². The number of rotatable bonds is 6. The molecule has 8 nitrogen and oxygen atoms in total. The standard InChI is InChI=1S/C13H19N3O5/c1-9-12(21-8-15-9)13(18)14-5-10-6-16(3-4-19-2)11(17)7-20-10/h8,10H,3-7H2,1-2H3,(H,14,18). The van der Waals surface area contributed by atoms with Gasteiger partial charge in [-0.15, -0.1) is 0 Å². The summed E-state index contributed by atoms with van der Waals surface area (Å²) in [6, 6.07) is 0. The van der Waals surface area contributed by atoms with Crippen LogP contribution in [0.5, 0.6) is 0 Å². The third-order valence-corrected chi connectivity index (χ3v) is 3.23. The van der Waals surface area contributed by atoms with Crippen molar-refractivity contribution in [2.24, 2.45) is 0 Å². The Bertz CT molecular complexity index is 502. The highest BCUT2D eigenvalue weighted by Gasteiger charge is 2.26. The van der Waals surface area contributed by atoms with Crippen LogP contribution in [0.3, 0.4) is 0 Å². The normalized spacial score (nSPS) is 18.9. The topological polar surface area (TPSA) is 93.9 Å². The predicted octanol–water partition coefficient (Wildman–Crippen LogP) is -0.413. The molecule has 2 rings (SSSR count). The van der Waals surface area contributed by atoms with Crippen LogP contribution in [0.15, 0.2) is 10.8 Å². The number of carbonyl (C=O) groups excluding carboxylic acids is 2. The maximum Gasteiger partial charge on any atom is 0.289 e. The third-order valence-electron chi connectivity index (χ3n) is 3.23. The van der Waals surface area contributed by atoms with Crippen LogP contribution in [0.1, 0.15) is 16.2 Å². The summed E-state index contributed by atoms with van der Waals surface area (Å²) in [6.07, 6.45) is 0.985. The van der Waals surface area contributed by atoms with Gasteiger partial charge in [-0.3, -0.25) is 9.59 Å². The summed E-state index contributed by atoms with van der Waals surface area (Å²) in [5.41, 5.74) is 0.536. The average Bonchev–Trinajstić information content (AvgIpc) is 2.91. The molecule has 2 heterocycles. The quantitative estimate of drug-likeness (QED) is 0.767. The van der Waals surface area contributed by atoms with Crippen molar-refractivity contribution in [3.05, 3.63) is 17.8 Å². The third kappa shape index (κ3) is 4.02. The van der Waals surface area contributed by atoms with Crippen molar-refractivity contribution in [1.82, 2.24) is 15.2 Å². The summed E-state index contributed by atoms with van der Waals surface area (Å²) in [6.45, 7) is 3.44.